The molecule has 3 saturated heterocycles. The van der Waals surface area contributed by atoms with Crippen molar-refractivity contribution in [3.63, 3.8) is 0 Å². The highest BCUT2D eigenvalue weighted by molar-refractivity contribution is 4.98. The predicted molar refractivity (Wildman–Crippen MR) is 89.4 cm³/mol. The number of fused-ring (bicyclic) bond motifs is 1. The molecule has 0 unspecified atom stereocenters. The summed E-state index contributed by atoms with van der Waals surface area (Å²) in [4.78, 5) is 0. The Morgan fingerprint density at radius 1 is 0.957 bits per heavy atom. The van der Waals surface area contributed by atoms with Crippen LogP contribution >= 0.6 is 0 Å². The van der Waals surface area contributed by atoms with Gasteiger partial charge in [-0.15, -0.1) is 13.2 Å². The molecule has 3 heterocycles. The van der Waals surface area contributed by atoms with Gasteiger partial charge in [0.1, 0.15) is 12.2 Å². The second kappa shape index (κ2) is 7.93. The Hall–Kier alpha value is -0.680. The van der Waals surface area contributed by atoms with Gasteiger partial charge in [-0.1, -0.05) is 19.1 Å². The van der Waals surface area contributed by atoms with Gasteiger partial charge in [0.05, 0.1) is 24.4 Å². The van der Waals surface area contributed by atoms with Crippen molar-refractivity contribution in [1.82, 2.24) is 0 Å². The summed E-state index contributed by atoms with van der Waals surface area (Å²) in [6.45, 7) is 11.7. The van der Waals surface area contributed by atoms with Gasteiger partial charge in [-0.25, -0.2) is 0 Å². The Labute approximate surface area is 139 Å². The normalized spacial score (nSPS) is 44.8. The van der Waals surface area contributed by atoms with Crippen molar-refractivity contribution in [3.05, 3.63) is 25.3 Å². The van der Waals surface area contributed by atoms with Crippen molar-refractivity contribution in [1.29, 1.82) is 0 Å². The molecule has 4 heteroatoms. The van der Waals surface area contributed by atoms with Gasteiger partial charge in [0.2, 0.25) is 0 Å². The zero-order valence-electron chi connectivity index (χ0n) is 14.2. The lowest BCUT2D eigenvalue weighted by Crippen LogP contribution is -2.43. The largest absolute Gasteiger partial charge is 0.376 e. The van der Waals surface area contributed by atoms with Crippen molar-refractivity contribution >= 4 is 0 Å². The molecule has 0 aromatic rings. The molecule has 130 valence electrons. The molecule has 0 N–H and O–H groups in total. The van der Waals surface area contributed by atoms with Crippen LogP contribution < -0.4 is 0 Å². The molecule has 0 bridgehead atoms. The average molecular weight is 322 g/mol. The summed E-state index contributed by atoms with van der Waals surface area (Å²) in [6, 6.07) is 0. The molecule has 0 radical (unpaired) electrons. The molecule has 3 rings (SSSR count). The van der Waals surface area contributed by atoms with Crippen LogP contribution in [0.3, 0.4) is 0 Å². The van der Waals surface area contributed by atoms with Crippen molar-refractivity contribution in [2.24, 2.45) is 5.92 Å². The van der Waals surface area contributed by atoms with E-state index in [2.05, 4.69) is 20.1 Å². The molecular weight excluding hydrogens is 292 g/mol. The van der Waals surface area contributed by atoms with Crippen LogP contribution in [0.25, 0.3) is 0 Å². The number of ether oxygens (including phenoxy) is 4. The molecule has 4 nitrogen and oxygen atoms in total. The fraction of sp³-hybridized carbons (Fsp3) is 0.789. The lowest BCUT2D eigenvalue weighted by atomic mass is 9.91. The molecule has 0 aromatic heterocycles. The fourth-order valence-corrected chi connectivity index (χ4v) is 4.04. The SMILES string of the molecule is C=C[C@@H]1O[C@@H]2CCCO[C@H]2C[C@@H](C)[C@H]1O[C@H]1CCCO[C@@H]1C=C. The summed E-state index contributed by atoms with van der Waals surface area (Å²) in [5, 5.41) is 0. The van der Waals surface area contributed by atoms with E-state index in [9.17, 15) is 0 Å². The second-order valence-electron chi connectivity index (χ2n) is 6.99. The monoisotopic (exact) mass is 322 g/mol. The third-order valence-electron chi connectivity index (χ3n) is 5.31. The van der Waals surface area contributed by atoms with E-state index in [1.807, 2.05) is 12.2 Å². The van der Waals surface area contributed by atoms with Gasteiger partial charge in [-0.2, -0.15) is 0 Å². The van der Waals surface area contributed by atoms with Crippen LogP contribution in [-0.4, -0.2) is 49.8 Å². The fourth-order valence-electron chi connectivity index (χ4n) is 4.04. The summed E-state index contributed by atoms with van der Waals surface area (Å²) in [6.07, 6.45) is 9.20. The van der Waals surface area contributed by atoms with E-state index in [0.29, 0.717) is 5.92 Å². The van der Waals surface area contributed by atoms with Gasteiger partial charge in [-0.3, -0.25) is 0 Å². The number of hydrogen-bond donors (Lipinski definition) is 0. The Morgan fingerprint density at radius 2 is 1.70 bits per heavy atom. The van der Waals surface area contributed by atoms with Crippen LogP contribution in [0.4, 0.5) is 0 Å². The lowest BCUT2D eigenvalue weighted by molar-refractivity contribution is -0.163. The van der Waals surface area contributed by atoms with Gasteiger partial charge >= 0.3 is 0 Å². The molecular formula is C19H30O4. The standard InChI is InChI=1S/C19H30O4/c1-4-14-16(8-6-10-20-14)23-19-13(3)12-18-17(9-7-11-21-18)22-15(19)5-2/h4-5,13-19H,1-2,6-12H2,3H3/t13-,14-,15+,16+,17-,18+,19-/m1/s1. The maximum Gasteiger partial charge on any atom is 0.102 e. The van der Waals surface area contributed by atoms with E-state index in [-0.39, 0.29) is 36.6 Å². The lowest BCUT2D eigenvalue weighted by Gasteiger charge is -2.36. The topological polar surface area (TPSA) is 36.9 Å². The average Bonchev–Trinajstić information content (AvgIpc) is 2.72. The maximum atomic E-state index is 6.49. The smallest absolute Gasteiger partial charge is 0.102 e. The van der Waals surface area contributed by atoms with Crippen LogP contribution in [0.2, 0.25) is 0 Å². The van der Waals surface area contributed by atoms with Gasteiger partial charge in [0.25, 0.3) is 0 Å². The minimum atomic E-state index is -0.0888. The van der Waals surface area contributed by atoms with E-state index in [1.165, 1.54) is 0 Å². The van der Waals surface area contributed by atoms with Crippen LogP contribution in [0.1, 0.15) is 39.0 Å². The highest BCUT2D eigenvalue weighted by atomic mass is 16.6. The zero-order valence-corrected chi connectivity index (χ0v) is 14.2. The van der Waals surface area contributed by atoms with E-state index >= 15 is 0 Å². The second-order valence-corrected chi connectivity index (χ2v) is 6.99. The highest BCUT2D eigenvalue weighted by Crippen LogP contribution is 2.34. The minimum Gasteiger partial charge on any atom is -0.376 e. The third-order valence-corrected chi connectivity index (χ3v) is 5.31. The molecule has 23 heavy (non-hydrogen) atoms. The molecule has 0 spiro atoms. The summed E-state index contributed by atoms with van der Waals surface area (Å²) in [5.41, 5.74) is 0. The summed E-state index contributed by atoms with van der Waals surface area (Å²) in [5.74, 6) is 0.360. The molecule has 0 aromatic carbocycles. The quantitative estimate of drug-likeness (QED) is 0.745. The van der Waals surface area contributed by atoms with Crippen molar-refractivity contribution in [3.8, 4) is 0 Å². The first-order valence-electron chi connectivity index (χ1n) is 9.02. The predicted octanol–water partition coefficient (Wildman–Crippen LogP) is 3.26. The van der Waals surface area contributed by atoms with Gasteiger partial charge in [-0.05, 0) is 38.0 Å². The van der Waals surface area contributed by atoms with Crippen LogP contribution in [0.5, 0.6) is 0 Å². The number of hydrogen-bond acceptors (Lipinski definition) is 4. The molecule has 0 aliphatic carbocycles. The van der Waals surface area contributed by atoms with Crippen molar-refractivity contribution < 1.29 is 18.9 Å². The number of rotatable bonds is 4. The first-order chi connectivity index (χ1) is 11.2. The molecule has 0 saturated carbocycles. The summed E-state index contributed by atoms with van der Waals surface area (Å²) < 4.78 is 24.5. The highest BCUT2D eigenvalue weighted by Gasteiger charge is 2.41. The van der Waals surface area contributed by atoms with Gasteiger partial charge < -0.3 is 18.9 Å². The van der Waals surface area contributed by atoms with E-state index in [1.54, 1.807) is 0 Å². The van der Waals surface area contributed by atoms with Gasteiger partial charge in [0, 0.05) is 13.2 Å². The molecule has 7 atom stereocenters. The minimum absolute atomic E-state index is 0.00384. The molecule has 0 amide bonds. The molecule has 3 fully saturated rings. The Kier molecular flexibility index (Phi) is 5.91. The first kappa shape index (κ1) is 17.2. The molecule has 3 aliphatic heterocycles. The molecule has 3 aliphatic rings. The van der Waals surface area contributed by atoms with Crippen LogP contribution in [0.15, 0.2) is 25.3 Å². The van der Waals surface area contributed by atoms with Crippen LogP contribution in [-0.2, 0) is 18.9 Å². The summed E-state index contributed by atoms with van der Waals surface area (Å²) >= 11 is 0. The van der Waals surface area contributed by atoms with E-state index in [0.717, 1.165) is 45.3 Å². The van der Waals surface area contributed by atoms with E-state index in [4.69, 9.17) is 18.9 Å². The van der Waals surface area contributed by atoms with Crippen LogP contribution in [0, 0.1) is 5.92 Å². The Balaban J connectivity index is 1.72. The van der Waals surface area contributed by atoms with Gasteiger partial charge in [0.15, 0.2) is 0 Å². The Bertz CT molecular complexity index is 410. The summed E-state index contributed by atoms with van der Waals surface area (Å²) in [7, 11) is 0. The maximum absolute atomic E-state index is 6.49. The Morgan fingerprint density at radius 3 is 2.48 bits per heavy atom. The van der Waals surface area contributed by atoms with E-state index < -0.39 is 0 Å². The van der Waals surface area contributed by atoms with Crippen molar-refractivity contribution in [2.45, 2.75) is 75.7 Å². The first-order valence-corrected chi connectivity index (χ1v) is 9.02. The third kappa shape index (κ3) is 3.87. The zero-order chi connectivity index (χ0) is 16.2. The van der Waals surface area contributed by atoms with Crippen molar-refractivity contribution in [2.75, 3.05) is 13.2 Å².